The van der Waals surface area contributed by atoms with E-state index < -0.39 is 10.0 Å². The number of aryl methyl sites for hydroxylation is 1. The van der Waals surface area contributed by atoms with Crippen LogP contribution < -0.4 is 28.0 Å². The van der Waals surface area contributed by atoms with Crippen molar-refractivity contribution in [3.63, 3.8) is 0 Å². The van der Waals surface area contributed by atoms with Crippen molar-refractivity contribution >= 4 is 15.7 Å². The number of likely N-dealkylation sites (tertiary alicyclic amines) is 1. The highest BCUT2D eigenvalue weighted by molar-refractivity contribution is 7.92. The van der Waals surface area contributed by atoms with E-state index in [-0.39, 0.29) is 17.7 Å². The normalized spacial score (nSPS) is 15.7. The maximum Gasteiger partial charge on any atom is 0.264 e. The molecule has 3 aromatic rings. The first-order chi connectivity index (χ1) is 18.8. The van der Waals surface area contributed by atoms with Crippen molar-refractivity contribution in [2.75, 3.05) is 45.5 Å². The molecule has 3 aromatic carbocycles. The summed E-state index contributed by atoms with van der Waals surface area (Å²) in [5, 5.41) is 0. The van der Waals surface area contributed by atoms with Crippen LogP contribution in [-0.2, 0) is 16.6 Å². The Kier molecular flexibility index (Phi) is 7.76. The lowest BCUT2D eigenvalue weighted by Crippen LogP contribution is -2.47. The zero-order valence-corrected chi connectivity index (χ0v) is 23.5. The van der Waals surface area contributed by atoms with Gasteiger partial charge in [0.1, 0.15) is 0 Å². The molecule has 0 aromatic heterocycles. The number of fused-ring (bicyclic) bond motifs is 1. The van der Waals surface area contributed by atoms with Gasteiger partial charge in [0.05, 0.1) is 31.9 Å². The van der Waals surface area contributed by atoms with Crippen molar-refractivity contribution in [3.8, 4) is 28.7 Å². The average Bonchev–Trinajstić information content (AvgIpc) is 3.42. The molecule has 0 atom stereocenters. The van der Waals surface area contributed by atoms with Gasteiger partial charge < -0.3 is 23.7 Å². The van der Waals surface area contributed by atoms with E-state index >= 15 is 0 Å². The maximum atomic E-state index is 14.1. The Balaban J connectivity index is 1.40. The van der Waals surface area contributed by atoms with Crippen LogP contribution in [0.3, 0.4) is 0 Å². The van der Waals surface area contributed by atoms with E-state index in [0.29, 0.717) is 66.9 Å². The monoisotopic (exact) mass is 554 g/mol. The Morgan fingerprint density at radius 1 is 0.897 bits per heavy atom. The minimum Gasteiger partial charge on any atom is -0.493 e. The molecule has 0 saturated carbocycles. The summed E-state index contributed by atoms with van der Waals surface area (Å²) in [6, 6.07) is 16.0. The van der Waals surface area contributed by atoms with Crippen LogP contribution in [0, 0.1) is 6.92 Å². The molecule has 2 aliphatic heterocycles. The Labute approximate surface area is 229 Å². The Bertz CT molecular complexity index is 1440. The standard InChI is InChI=1S/C29H34N2O7S/c1-20-6-5-7-24(16-20)39(32,33)31(23-9-11-25-27(17-23)38-19-37-25)22-12-14-30(15-13-22)18-21-8-10-26(34-2)29(36-4)28(21)35-3/h5-11,16-17,22H,12-15,18-19H2,1-4H3. The fourth-order valence-corrected chi connectivity index (χ4v) is 7.10. The number of methoxy groups -OCH3 is 3. The van der Waals surface area contributed by atoms with E-state index in [2.05, 4.69) is 4.90 Å². The lowest BCUT2D eigenvalue weighted by Gasteiger charge is -2.39. The molecular formula is C29H34N2O7S. The SMILES string of the molecule is COc1ccc(CN2CCC(N(c3ccc4c(c3)OCO4)S(=O)(=O)c3cccc(C)c3)CC2)c(OC)c1OC. The van der Waals surface area contributed by atoms with E-state index in [1.807, 2.05) is 25.1 Å². The van der Waals surface area contributed by atoms with Crippen molar-refractivity contribution in [2.24, 2.45) is 0 Å². The molecular weight excluding hydrogens is 520 g/mol. The maximum absolute atomic E-state index is 14.1. The number of ether oxygens (including phenoxy) is 5. The quantitative estimate of drug-likeness (QED) is 0.379. The molecule has 0 aliphatic carbocycles. The van der Waals surface area contributed by atoms with Gasteiger partial charge in [0, 0.05) is 37.3 Å². The summed E-state index contributed by atoms with van der Waals surface area (Å²) in [5.41, 5.74) is 2.44. The Morgan fingerprint density at radius 2 is 1.64 bits per heavy atom. The molecule has 0 bridgehead atoms. The predicted molar refractivity (Wildman–Crippen MR) is 148 cm³/mol. The molecule has 5 rings (SSSR count). The van der Waals surface area contributed by atoms with Crippen LogP contribution in [0.1, 0.15) is 24.0 Å². The average molecular weight is 555 g/mol. The topological polar surface area (TPSA) is 86.8 Å². The highest BCUT2D eigenvalue weighted by atomic mass is 32.2. The lowest BCUT2D eigenvalue weighted by molar-refractivity contribution is 0.174. The third-order valence-electron chi connectivity index (χ3n) is 7.23. The zero-order chi connectivity index (χ0) is 27.6. The van der Waals surface area contributed by atoms with Crippen LogP contribution in [0.4, 0.5) is 5.69 Å². The molecule has 9 nitrogen and oxygen atoms in total. The molecule has 2 aliphatic rings. The number of hydrogen-bond acceptors (Lipinski definition) is 8. The number of sulfonamides is 1. The summed E-state index contributed by atoms with van der Waals surface area (Å²) in [5.74, 6) is 2.98. The third-order valence-corrected chi connectivity index (χ3v) is 9.10. The summed E-state index contributed by atoms with van der Waals surface area (Å²) >= 11 is 0. The Hall–Kier alpha value is -3.63. The molecule has 1 saturated heterocycles. The van der Waals surface area contributed by atoms with E-state index in [1.54, 1.807) is 62.0 Å². The summed E-state index contributed by atoms with van der Waals surface area (Å²) in [7, 11) is 0.976. The molecule has 10 heteroatoms. The first-order valence-electron chi connectivity index (χ1n) is 12.9. The highest BCUT2D eigenvalue weighted by Crippen LogP contribution is 2.41. The van der Waals surface area contributed by atoms with Gasteiger partial charge in [-0.05, 0) is 55.7 Å². The second-order valence-electron chi connectivity index (χ2n) is 9.66. The van der Waals surface area contributed by atoms with Crippen LogP contribution >= 0.6 is 0 Å². The first kappa shape index (κ1) is 27.0. The summed E-state index contributed by atoms with van der Waals surface area (Å²) in [4.78, 5) is 2.58. The largest absolute Gasteiger partial charge is 0.493 e. The smallest absolute Gasteiger partial charge is 0.264 e. The van der Waals surface area contributed by atoms with Gasteiger partial charge in [-0.15, -0.1) is 0 Å². The van der Waals surface area contributed by atoms with Crippen LogP contribution in [0.2, 0.25) is 0 Å². The Morgan fingerprint density at radius 3 is 2.33 bits per heavy atom. The van der Waals surface area contributed by atoms with Gasteiger partial charge in [0.25, 0.3) is 10.0 Å². The van der Waals surface area contributed by atoms with Gasteiger partial charge in [-0.25, -0.2) is 8.42 Å². The molecule has 0 radical (unpaired) electrons. The van der Waals surface area contributed by atoms with Gasteiger partial charge in [-0.3, -0.25) is 9.21 Å². The van der Waals surface area contributed by atoms with Crippen LogP contribution in [0.25, 0.3) is 0 Å². The zero-order valence-electron chi connectivity index (χ0n) is 22.7. The van der Waals surface area contributed by atoms with Crippen LogP contribution in [0.15, 0.2) is 59.5 Å². The van der Waals surface area contributed by atoms with Gasteiger partial charge in [0.2, 0.25) is 12.5 Å². The molecule has 0 spiro atoms. The molecule has 0 amide bonds. The van der Waals surface area contributed by atoms with Gasteiger partial charge in [-0.2, -0.15) is 0 Å². The van der Waals surface area contributed by atoms with Crippen molar-refractivity contribution in [1.82, 2.24) is 4.90 Å². The van der Waals surface area contributed by atoms with Crippen LogP contribution in [0.5, 0.6) is 28.7 Å². The van der Waals surface area contributed by atoms with E-state index in [4.69, 9.17) is 23.7 Å². The number of piperidine rings is 1. The molecule has 39 heavy (non-hydrogen) atoms. The van der Waals surface area contributed by atoms with E-state index in [9.17, 15) is 8.42 Å². The molecule has 208 valence electrons. The highest BCUT2D eigenvalue weighted by Gasteiger charge is 2.35. The number of benzene rings is 3. The van der Waals surface area contributed by atoms with Crippen molar-refractivity contribution in [3.05, 3.63) is 65.7 Å². The minimum absolute atomic E-state index is 0.126. The van der Waals surface area contributed by atoms with Crippen LogP contribution in [-0.4, -0.2) is 60.6 Å². The summed E-state index contributed by atoms with van der Waals surface area (Å²) in [6.45, 7) is 4.09. The number of rotatable bonds is 9. The first-order valence-corrected chi connectivity index (χ1v) is 14.3. The van der Waals surface area contributed by atoms with Gasteiger partial charge in [-0.1, -0.05) is 18.2 Å². The number of hydrogen-bond donors (Lipinski definition) is 0. The van der Waals surface area contributed by atoms with Gasteiger partial charge >= 0.3 is 0 Å². The fourth-order valence-electron chi connectivity index (χ4n) is 5.30. The molecule has 0 N–H and O–H groups in total. The van der Waals surface area contributed by atoms with Crippen molar-refractivity contribution in [1.29, 1.82) is 0 Å². The minimum atomic E-state index is -3.83. The third kappa shape index (κ3) is 5.31. The van der Waals surface area contributed by atoms with Gasteiger partial charge in [0.15, 0.2) is 23.0 Å². The lowest BCUT2D eigenvalue weighted by atomic mass is 10.0. The molecule has 0 unspecified atom stereocenters. The van der Waals surface area contributed by atoms with E-state index in [0.717, 1.165) is 11.1 Å². The summed E-state index contributed by atoms with van der Waals surface area (Å²) in [6.07, 6.45) is 1.32. The summed E-state index contributed by atoms with van der Waals surface area (Å²) < 4.78 is 57.4. The number of nitrogens with zero attached hydrogens (tertiary/aromatic N) is 2. The molecule has 2 heterocycles. The fraction of sp³-hybridized carbons (Fsp3) is 0.379. The van der Waals surface area contributed by atoms with E-state index in [1.165, 1.54) is 0 Å². The second kappa shape index (κ2) is 11.2. The molecule has 1 fully saturated rings. The van der Waals surface area contributed by atoms with Crippen molar-refractivity contribution < 1.29 is 32.1 Å². The second-order valence-corrected chi connectivity index (χ2v) is 11.5. The predicted octanol–water partition coefficient (Wildman–Crippen LogP) is 4.61. The van der Waals surface area contributed by atoms with Crippen molar-refractivity contribution in [2.45, 2.75) is 37.2 Å². The number of anilines is 1.